The van der Waals surface area contributed by atoms with Crippen molar-refractivity contribution in [2.24, 2.45) is 0 Å². The van der Waals surface area contributed by atoms with E-state index in [9.17, 15) is 0 Å². The fourth-order valence-corrected chi connectivity index (χ4v) is 3.49. The fraction of sp³-hybridized carbons (Fsp3) is 0. The molecule has 0 aliphatic rings. The van der Waals surface area contributed by atoms with Crippen molar-refractivity contribution in [3.8, 4) is 11.1 Å². The molecule has 78 valence electrons. The lowest BCUT2D eigenvalue weighted by atomic mass is 10.1. The Morgan fingerprint density at radius 1 is 0.875 bits per heavy atom. The van der Waals surface area contributed by atoms with Crippen LogP contribution in [0, 0.1) is 0 Å². The SMILES string of the molecule is Brc1cccc2c(-c3ccccc3)csc12. The zero-order valence-corrected chi connectivity index (χ0v) is 10.9. The van der Waals surface area contributed by atoms with Gasteiger partial charge in [-0.1, -0.05) is 42.5 Å². The van der Waals surface area contributed by atoms with Gasteiger partial charge < -0.3 is 0 Å². The Balaban J connectivity index is 2.30. The van der Waals surface area contributed by atoms with E-state index in [2.05, 4.69) is 63.8 Å². The van der Waals surface area contributed by atoms with Crippen LogP contribution in [0.1, 0.15) is 0 Å². The van der Waals surface area contributed by atoms with E-state index >= 15 is 0 Å². The van der Waals surface area contributed by atoms with Crippen molar-refractivity contribution in [3.63, 3.8) is 0 Å². The maximum Gasteiger partial charge on any atom is 0.0491 e. The zero-order chi connectivity index (χ0) is 11.0. The summed E-state index contributed by atoms with van der Waals surface area (Å²) in [6.07, 6.45) is 0. The molecule has 2 aromatic carbocycles. The molecular formula is C14H9BrS. The van der Waals surface area contributed by atoms with Gasteiger partial charge in [-0.25, -0.2) is 0 Å². The summed E-state index contributed by atoms with van der Waals surface area (Å²) < 4.78 is 2.50. The van der Waals surface area contributed by atoms with Crippen LogP contribution in [0.3, 0.4) is 0 Å². The third kappa shape index (κ3) is 1.58. The number of rotatable bonds is 1. The molecule has 0 amide bonds. The first-order chi connectivity index (χ1) is 7.86. The Kier molecular flexibility index (Phi) is 2.54. The molecule has 0 spiro atoms. The second-order valence-electron chi connectivity index (χ2n) is 3.63. The second-order valence-corrected chi connectivity index (χ2v) is 5.37. The van der Waals surface area contributed by atoms with E-state index in [1.165, 1.54) is 25.7 Å². The third-order valence-corrected chi connectivity index (χ3v) is 4.59. The van der Waals surface area contributed by atoms with E-state index in [0.29, 0.717) is 0 Å². The van der Waals surface area contributed by atoms with Crippen LogP contribution in [0.2, 0.25) is 0 Å². The first-order valence-corrected chi connectivity index (χ1v) is 6.74. The summed E-state index contributed by atoms with van der Waals surface area (Å²) in [4.78, 5) is 0. The summed E-state index contributed by atoms with van der Waals surface area (Å²) in [6, 6.07) is 16.9. The Morgan fingerprint density at radius 2 is 1.69 bits per heavy atom. The van der Waals surface area contributed by atoms with Gasteiger partial charge in [0.15, 0.2) is 0 Å². The quantitative estimate of drug-likeness (QED) is 0.568. The summed E-state index contributed by atoms with van der Waals surface area (Å²) in [5.74, 6) is 0. The molecule has 1 heterocycles. The van der Waals surface area contributed by atoms with Crippen molar-refractivity contribution < 1.29 is 0 Å². The summed E-state index contributed by atoms with van der Waals surface area (Å²) >= 11 is 5.38. The number of hydrogen-bond donors (Lipinski definition) is 0. The number of thiophene rings is 1. The van der Waals surface area contributed by atoms with Crippen LogP contribution in [0.25, 0.3) is 21.2 Å². The highest BCUT2D eigenvalue weighted by Crippen LogP contribution is 2.37. The van der Waals surface area contributed by atoms with Gasteiger partial charge in [-0.3, -0.25) is 0 Å². The van der Waals surface area contributed by atoms with E-state index < -0.39 is 0 Å². The summed E-state index contributed by atoms with van der Waals surface area (Å²) in [6.45, 7) is 0. The van der Waals surface area contributed by atoms with E-state index in [1.54, 1.807) is 11.3 Å². The molecule has 0 aliphatic heterocycles. The highest BCUT2D eigenvalue weighted by atomic mass is 79.9. The van der Waals surface area contributed by atoms with Gasteiger partial charge in [-0.15, -0.1) is 11.3 Å². The van der Waals surface area contributed by atoms with Gasteiger partial charge in [-0.05, 0) is 32.9 Å². The van der Waals surface area contributed by atoms with Gasteiger partial charge in [0.2, 0.25) is 0 Å². The molecular weight excluding hydrogens is 280 g/mol. The minimum absolute atomic E-state index is 1.18. The van der Waals surface area contributed by atoms with E-state index in [1.807, 2.05) is 6.07 Å². The van der Waals surface area contributed by atoms with Crippen LogP contribution >= 0.6 is 27.3 Å². The van der Waals surface area contributed by atoms with E-state index in [0.717, 1.165) is 0 Å². The molecule has 2 heteroatoms. The van der Waals surface area contributed by atoms with E-state index in [-0.39, 0.29) is 0 Å². The first-order valence-electron chi connectivity index (χ1n) is 5.07. The predicted octanol–water partition coefficient (Wildman–Crippen LogP) is 5.33. The average Bonchev–Trinajstić information content (AvgIpc) is 2.75. The minimum atomic E-state index is 1.18. The predicted molar refractivity (Wildman–Crippen MR) is 75.0 cm³/mol. The standard InChI is InChI=1S/C14H9BrS/c15-13-8-4-7-11-12(9-16-14(11)13)10-5-2-1-3-6-10/h1-9H. The molecule has 3 rings (SSSR count). The van der Waals surface area contributed by atoms with Gasteiger partial charge in [0.05, 0.1) is 0 Å². The largest absolute Gasteiger partial charge is 0.142 e. The van der Waals surface area contributed by atoms with Gasteiger partial charge >= 0.3 is 0 Å². The lowest BCUT2D eigenvalue weighted by Crippen LogP contribution is -1.74. The molecule has 0 N–H and O–H groups in total. The number of hydrogen-bond acceptors (Lipinski definition) is 1. The minimum Gasteiger partial charge on any atom is -0.142 e. The monoisotopic (exact) mass is 288 g/mol. The average molecular weight is 289 g/mol. The van der Waals surface area contributed by atoms with Crippen molar-refractivity contribution in [1.29, 1.82) is 0 Å². The molecule has 0 unspecified atom stereocenters. The van der Waals surface area contributed by atoms with Crippen LogP contribution in [0.15, 0.2) is 58.4 Å². The Hall–Kier alpha value is -1.12. The van der Waals surface area contributed by atoms with Gasteiger partial charge in [0, 0.05) is 20.1 Å². The highest BCUT2D eigenvalue weighted by Gasteiger charge is 2.07. The zero-order valence-electron chi connectivity index (χ0n) is 8.48. The molecule has 0 bridgehead atoms. The normalized spacial score (nSPS) is 10.8. The van der Waals surface area contributed by atoms with Crippen LogP contribution in [-0.2, 0) is 0 Å². The molecule has 0 saturated carbocycles. The maximum absolute atomic E-state index is 3.59. The van der Waals surface area contributed by atoms with Gasteiger partial charge in [0.1, 0.15) is 0 Å². The van der Waals surface area contributed by atoms with Crippen LogP contribution < -0.4 is 0 Å². The maximum atomic E-state index is 3.59. The third-order valence-electron chi connectivity index (χ3n) is 2.64. The van der Waals surface area contributed by atoms with Crippen LogP contribution in [0.4, 0.5) is 0 Å². The second kappa shape index (κ2) is 4.04. The number of fused-ring (bicyclic) bond motifs is 1. The topological polar surface area (TPSA) is 0 Å². The molecule has 0 nitrogen and oxygen atoms in total. The molecule has 3 aromatic rings. The molecule has 0 fully saturated rings. The fourth-order valence-electron chi connectivity index (χ4n) is 1.86. The van der Waals surface area contributed by atoms with E-state index in [4.69, 9.17) is 0 Å². The van der Waals surface area contributed by atoms with Gasteiger partial charge in [-0.2, -0.15) is 0 Å². The first kappa shape index (κ1) is 10.1. The number of benzene rings is 2. The van der Waals surface area contributed by atoms with Crippen molar-refractivity contribution in [3.05, 3.63) is 58.4 Å². The Morgan fingerprint density at radius 3 is 2.50 bits per heavy atom. The molecule has 16 heavy (non-hydrogen) atoms. The van der Waals surface area contributed by atoms with Crippen molar-refractivity contribution in [2.45, 2.75) is 0 Å². The smallest absolute Gasteiger partial charge is 0.0491 e. The van der Waals surface area contributed by atoms with Crippen molar-refractivity contribution in [1.82, 2.24) is 0 Å². The van der Waals surface area contributed by atoms with Gasteiger partial charge in [0.25, 0.3) is 0 Å². The number of halogens is 1. The molecule has 0 atom stereocenters. The molecule has 0 radical (unpaired) electrons. The van der Waals surface area contributed by atoms with Crippen LogP contribution in [0.5, 0.6) is 0 Å². The lowest BCUT2D eigenvalue weighted by molar-refractivity contribution is 1.68. The molecule has 1 aromatic heterocycles. The lowest BCUT2D eigenvalue weighted by Gasteiger charge is -1.99. The summed E-state index contributed by atoms with van der Waals surface area (Å²) in [7, 11) is 0. The van der Waals surface area contributed by atoms with Crippen molar-refractivity contribution >= 4 is 37.4 Å². The Labute approximate surface area is 107 Å². The Bertz CT molecular complexity index is 626. The summed E-state index contributed by atoms with van der Waals surface area (Å²) in [5.41, 5.74) is 2.61. The summed E-state index contributed by atoms with van der Waals surface area (Å²) in [5, 5.41) is 3.55. The van der Waals surface area contributed by atoms with Crippen molar-refractivity contribution in [2.75, 3.05) is 0 Å². The highest BCUT2D eigenvalue weighted by molar-refractivity contribution is 9.10. The molecule has 0 aliphatic carbocycles. The van der Waals surface area contributed by atoms with Crippen LogP contribution in [-0.4, -0.2) is 0 Å². The molecule has 0 saturated heterocycles.